The molecule has 0 bridgehead atoms. The van der Waals surface area contributed by atoms with Crippen molar-refractivity contribution in [2.45, 2.75) is 37.1 Å². The Morgan fingerprint density at radius 2 is 1.90 bits per heavy atom. The van der Waals surface area contributed by atoms with Crippen LogP contribution in [0, 0.1) is 6.92 Å². The number of pyridine rings is 1. The average Bonchev–Trinajstić information content (AvgIpc) is 2.76. The highest BCUT2D eigenvalue weighted by molar-refractivity contribution is 7.89. The van der Waals surface area contributed by atoms with E-state index in [-0.39, 0.29) is 10.9 Å². The highest BCUT2D eigenvalue weighted by atomic mass is 32.2. The maximum atomic E-state index is 12.9. The molecule has 2 amide bonds. The van der Waals surface area contributed by atoms with Crippen molar-refractivity contribution in [1.29, 1.82) is 0 Å². The number of aromatic nitrogens is 1. The van der Waals surface area contributed by atoms with E-state index < -0.39 is 21.8 Å². The van der Waals surface area contributed by atoms with Gasteiger partial charge in [0.2, 0.25) is 10.0 Å². The zero-order valence-electron chi connectivity index (χ0n) is 16.9. The van der Waals surface area contributed by atoms with Gasteiger partial charge in [-0.1, -0.05) is 12.1 Å². The second kappa shape index (κ2) is 8.80. The molecule has 1 atom stereocenters. The summed E-state index contributed by atoms with van der Waals surface area (Å²) < 4.78 is 26.1. The monoisotopic (exact) mass is 431 g/mol. The summed E-state index contributed by atoms with van der Waals surface area (Å²) in [7, 11) is -2.19. The van der Waals surface area contributed by atoms with Crippen molar-refractivity contribution in [3.63, 3.8) is 0 Å². The first-order valence-corrected chi connectivity index (χ1v) is 11.1. The minimum atomic E-state index is -3.54. The van der Waals surface area contributed by atoms with Gasteiger partial charge in [0.1, 0.15) is 5.82 Å². The van der Waals surface area contributed by atoms with Crippen LogP contribution >= 0.6 is 0 Å². The van der Waals surface area contributed by atoms with Gasteiger partial charge < -0.3 is 16.0 Å². The number of nitrogens with two attached hydrogens (primary N) is 1. The number of hydrogen-bond donors (Lipinski definition) is 3. The molecule has 0 unspecified atom stereocenters. The van der Waals surface area contributed by atoms with Gasteiger partial charge in [0.15, 0.2) is 0 Å². The Hall–Kier alpha value is -2.98. The molecule has 3 rings (SSSR count). The molecule has 10 heteroatoms. The first-order chi connectivity index (χ1) is 14.2. The van der Waals surface area contributed by atoms with Crippen LogP contribution in [0.1, 0.15) is 36.4 Å². The molecule has 2 aromatic rings. The molecule has 0 spiro atoms. The number of carbonyl (C=O) groups is 2. The van der Waals surface area contributed by atoms with Gasteiger partial charge in [-0.25, -0.2) is 18.1 Å². The Bertz CT molecular complexity index is 1050. The van der Waals surface area contributed by atoms with Crippen molar-refractivity contribution in [1.82, 2.24) is 14.6 Å². The molecule has 1 aliphatic rings. The van der Waals surface area contributed by atoms with Gasteiger partial charge in [0.25, 0.3) is 0 Å². The van der Waals surface area contributed by atoms with E-state index >= 15 is 0 Å². The summed E-state index contributed by atoms with van der Waals surface area (Å²) in [5.74, 6) is -1.03. The second-order valence-electron chi connectivity index (χ2n) is 7.17. The zero-order chi connectivity index (χ0) is 21.9. The van der Waals surface area contributed by atoms with E-state index in [1.54, 1.807) is 25.1 Å². The third-order valence-corrected chi connectivity index (χ3v) is 6.61. The standard InChI is InChI=1S/C20H25N5O4S/c1-13-11-15(12-23-18(13)21)24-19(26)20(27)25-10-4-3-5-17(25)14-6-8-16(9-7-14)30(28,29)22-2/h6-9,11-12,17,22H,3-5,10H2,1-2H3,(H2,21,23)(H,24,26)/t17-/m0/s1. The van der Waals surface area contributed by atoms with Crippen molar-refractivity contribution in [3.05, 3.63) is 47.7 Å². The molecule has 0 radical (unpaired) electrons. The third kappa shape index (κ3) is 4.60. The highest BCUT2D eigenvalue weighted by Gasteiger charge is 2.32. The van der Waals surface area contributed by atoms with E-state index in [1.807, 2.05) is 0 Å². The summed E-state index contributed by atoms with van der Waals surface area (Å²) in [5, 5.41) is 2.58. The number of likely N-dealkylation sites (tertiary alicyclic amines) is 1. The topological polar surface area (TPSA) is 134 Å². The normalized spacial score (nSPS) is 16.9. The number of aryl methyl sites for hydroxylation is 1. The number of sulfonamides is 1. The average molecular weight is 432 g/mol. The van der Waals surface area contributed by atoms with Crippen molar-refractivity contribution >= 4 is 33.3 Å². The van der Waals surface area contributed by atoms with Crippen molar-refractivity contribution in [2.24, 2.45) is 0 Å². The number of piperidine rings is 1. The van der Waals surface area contributed by atoms with Crippen LogP contribution in [0.4, 0.5) is 11.5 Å². The van der Waals surface area contributed by atoms with Crippen LogP contribution in [0.5, 0.6) is 0 Å². The Labute approximate surface area is 175 Å². The van der Waals surface area contributed by atoms with Gasteiger partial charge in [-0.05, 0) is 62.6 Å². The molecule has 1 aliphatic heterocycles. The molecule has 4 N–H and O–H groups in total. The molecular formula is C20H25N5O4S. The van der Waals surface area contributed by atoms with Crippen molar-refractivity contribution < 1.29 is 18.0 Å². The van der Waals surface area contributed by atoms with E-state index in [0.29, 0.717) is 30.0 Å². The molecule has 9 nitrogen and oxygen atoms in total. The fourth-order valence-corrected chi connectivity index (χ4v) is 4.21. The molecule has 30 heavy (non-hydrogen) atoms. The summed E-state index contributed by atoms with van der Waals surface area (Å²) in [6.07, 6.45) is 3.81. The first kappa shape index (κ1) is 21.7. The van der Waals surface area contributed by atoms with E-state index in [2.05, 4.69) is 15.0 Å². The lowest BCUT2D eigenvalue weighted by molar-refractivity contribution is -0.145. The number of anilines is 2. The fourth-order valence-electron chi connectivity index (χ4n) is 3.48. The molecule has 1 saturated heterocycles. The van der Waals surface area contributed by atoms with Crippen LogP contribution < -0.4 is 15.8 Å². The Morgan fingerprint density at radius 1 is 1.20 bits per heavy atom. The van der Waals surface area contributed by atoms with Crippen LogP contribution in [-0.4, -0.2) is 43.7 Å². The van der Waals surface area contributed by atoms with Gasteiger partial charge in [0.05, 0.1) is 22.8 Å². The number of amides is 2. The summed E-state index contributed by atoms with van der Waals surface area (Å²) in [5.41, 5.74) is 7.57. The van der Waals surface area contributed by atoms with E-state index in [9.17, 15) is 18.0 Å². The molecule has 0 aliphatic carbocycles. The summed E-state index contributed by atoms with van der Waals surface area (Å²) >= 11 is 0. The molecule has 1 fully saturated rings. The van der Waals surface area contributed by atoms with Crippen molar-refractivity contribution in [3.8, 4) is 0 Å². The summed E-state index contributed by atoms with van der Waals surface area (Å²) in [4.78, 5) is 31.1. The molecule has 2 heterocycles. The Balaban J connectivity index is 1.78. The van der Waals surface area contributed by atoms with Crippen LogP contribution in [0.3, 0.4) is 0 Å². The lowest BCUT2D eigenvalue weighted by Gasteiger charge is -2.35. The van der Waals surface area contributed by atoms with Gasteiger partial charge in [-0.3, -0.25) is 9.59 Å². The number of nitrogens with zero attached hydrogens (tertiary/aromatic N) is 2. The maximum absolute atomic E-state index is 12.9. The van der Waals surface area contributed by atoms with E-state index in [4.69, 9.17) is 5.73 Å². The molecular weight excluding hydrogens is 406 g/mol. The van der Waals surface area contributed by atoms with Crippen LogP contribution in [0.25, 0.3) is 0 Å². The predicted molar refractivity (Wildman–Crippen MR) is 113 cm³/mol. The van der Waals surface area contributed by atoms with E-state index in [0.717, 1.165) is 18.4 Å². The molecule has 0 saturated carbocycles. The minimum Gasteiger partial charge on any atom is -0.383 e. The van der Waals surface area contributed by atoms with Gasteiger partial charge in [0, 0.05) is 6.54 Å². The smallest absolute Gasteiger partial charge is 0.313 e. The number of nitrogen functional groups attached to an aromatic ring is 1. The Kier molecular flexibility index (Phi) is 6.37. The number of rotatable bonds is 4. The number of benzene rings is 1. The SMILES string of the molecule is CNS(=O)(=O)c1ccc([C@@H]2CCCCN2C(=O)C(=O)Nc2cnc(N)c(C)c2)cc1. The summed E-state index contributed by atoms with van der Waals surface area (Å²) in [6, 6.07) is 7.73. The largest absolute Gasteiger partial charge is 0.383 e. The second-order valence-corrected chi connectivity index (χ2v) is 9.05. The third-order valence-electron chi connectivity index (χ3n) is 5.18. The number of nitrogens with one attached hydrogen (secondary N) is 2. The van der Waals surface area contributed by atoms with Crippen molar-refractivity contribution in [2.75, 3.05) is 24.6 Å². The fraction of sp³-hybridized carbons (Fsp3) is 0.350. The van der Waals surface area contributed by atoms with Gasteiger partial charge in [-0.15, -0.1) is 0 Å². The molecule has 160 valence electrons. The number of hydrogen-bond acceptors (Lipinski definition) is 6. The van der Waals surface area contributed by atoms with Gasteiger partial charge >= 0.3 is 11.8 Å². The quantitative estimate of drug-likeness (QED) is 0.629. The lowest BCUT2D eigenvalue weighted by Crippen LogP contribution is -2.44. The lowest BCUT2D eigenvalue weighted by atomic mass is 9.95. The number of carbonyl (C=O) groups excluding carboxylic acids is 2. The summed E-state index contributed by atoms with van der Waals surface area (Å²) in [6.45, 7) is 2.21. The zero-order valence-corrected chi connectivity index (χ0v) is 17.7. The highest BCUT2D eigenvalue weighted by Crippen LogP contribution is 2.31. The minimum absolute atomic E-state index is 0.145. The molecule has 1 aromatic carbocycles. The molecule has 1 aromatic heterocycles. The maximum Gasteiger partial charge on any atom is 0.313 e. The Morgan fingerprint density at radius 3 is 2.53 bits per heavy atom. The van der Waals surface area contributed by atoms with Crippen LogP contribution in [0.15, 0.2) is 41.4 Å². The van der Waals surface area contributed by atoms with Crippen LogP contribution in [0.2, 0.25) is 0 Å². The van der Waals surface area contributed by atoms with E-state index in [1.165, 1.54) is 30.3 Å². The first-order valence-electron chi connectivity index (χ1n) is 9.60. The van der Waals surface area contributed by atoms with Gasteiger partial charge in [-0.2, -0.15) is 0 Å². The predicted octanol–water partition coefficient (Wildman–Crippen LogP) is 1.57. The van der Waals surface area contributed by atoms with Crippen LogP contribution in [-0.2, 0) is 19.6 Å².